The fourth-order valence-corrected chi connectivity index (χ4v) is 2.14. The van der Waals surface area contributed by atoms with Crippen molar-refractivity contribution in [2.24, 2.45) is 11.8 Å². The predicted octanol–water partition coefficient (Wildman–Crippen LogP) is 1.75. The number of hydrogen-bond acceptors (Lipinski definition) is 4. The van der Waals surface area contributed by atoms with Crippen LogP contribution in [-0.2, 0) is 16.1 Å². The Morgan fingerprint density at radius 3 is 2.60 bits per heavy atom. The molecule has 1 aliphatic carbocycles. The van der Waals surface area contributed by atoms with E-state index in [4.69, 9.17) is 9.47 Å². The lowest BCUT2D eigenvalue weighted by Crippen LogP contribution is -2.25. The van der Waals surface area contributed by atoms with Crippen molar-refractivity contribution in [1.29, 1.82) is 0 Å². The van der Waals surface area contributed by atoms with E-state index < -0.39 is 5.97 Å². The van der Waals surface area contributed by atoms with Gasteiger partial charge in [0.1, 0.15) is 11.3 Å². The molecule has 1 aromatic rings. The van der Waals surface area contributed by atoms with Crippen molar-refractivity contribution < 1.29 is 19.1 Å². The summed E-state index contributed by atoms with van der Waals surface area (Å²) in [5.74, 6) is 0.714. The Labute approximate surface area is 118 Å². The molecule has 2 rings (SSSR count). The molecule has 20 heavy (non-hydrogen) atoms. The maximum Gasteiger partial charge on any atom is 0.341 e. The zero-order valence-electron chi connectivity index (χ0n) is 11.9. The summed E-state index contributed by atoms with van der Waals surface area (Å²) in [6, 6.07) is 5.21. The van der Waals surface area contributed by atoms with Crippen LogP contribution in [0.15, 0.2) is 18.2 Å². The van der Waals surface area contributed by atoms with Crippen molar-refractivity contribution in [3.05, 3.63) is 29.3 Å². The van der Waals surface area contributed by atoms with Crippen LogP contribution in [0.1, 0.15) is 29.3 Å². The molecule has 1 aliphatic rings. The highest BCUT2D eigenvalue weighted by Crippen LogP contribution is 2.37. The standard InChI is InChI=1S/C15H19NO4/c1-9-6-11(9)14(17)16-8-10-4-5-13(19-2)12(7-10)15(18)20-3/h4-5,7,9,11H,6,8H2,1-3H3,(H,16,17). The molecule has 1 N–H and O–H groups in total. The Morgan fingerprint density at radius 1 is 1.35 bits per heavy atom. The molecule has 0 spiro atoms. The van der Waals surface area contributed by atoms with Crippen molar-refractivity contribution in [3.8, 4) is 5.75 Å². The number of carbonyl (C=O) groups is 2. The van der Waals surface area contributed by atoms with E-state index in [1.165, 1.54) is 14.2 Å². The van der Waals surface area contributed by atoms with Crippen LogP contribution in [-0.4, -0.2) is 26.1 Å². The van der Waals surface area contributed by atoms with Crippen LogP contribution in [0.25, 0.3) is 0 Å². The fraction of sp³-hybridized carbons (Fsp3) is 0.467. The molecule has 1 amide bonds. The number of esters is 1. The second-order valence-corrected chi connectivity index (χ2v) is 5.06. The highest BCUT2D eigenvalue weighted by Gasteiger charge is 2.38. The quantitative estimate of drug-likeness (QED) is 0.833. The van der Waals surface area contributed by atoms with Gasteiger partial charge < -0.3 is 14.8 Å². The fourth-order valence-electron chi connectivity index (χ4n) is 2.14. The molecule has 2 unspecified atom stereocenters. The van der Waals surface area contributed by atoms with Crippen LogP contribution in [0, 0.1) is 11.8 Å². The summed E-state index contributed by atoms with van der Waals surface area (Å²) < 4.78 is 9.84. The molecule has 0 heterocycles. The Bertz CT molecular complexity index is 527. The molecule has 1 aromatic carbocycles. The van der Waals surface area contributed by atoms with Crippen molar-refractivity contribution in [1.82, 2.24) is 5.32 Å². The van der Waals surface area contributed by atoms with Crippen molar-refractivity contribution >= 4 is 11.9 Å². The van der Waals surface area contributed by atoms with Crippen LogP contribution >= 0.6 is 0 Å². The highest BCUT2D eigenvalue weighted by atomic mass is 16.5. The Kier molecular flexibility index (Phi) is 4.27. The van der Waals surface area contributed by atoms with E-state index in [0.717, 1.165) is 12.0 Å². The van der Waals surface area contributed by atoms with Crippen LogP contribution < -0.4 is 10.1 Å². The zero-order chi connectivity index (χ0) is 14.7. The minimum atomic E-state index is -0.453. The van der Waals surface area contributed by atoms with Crippen LogP contribution in [0.2, 0.25) is 0 Å². The minimum absolute atomic E-state index is 0.0768. The molecule has 0 aromatic heterocycles. The Balaban J connectivity index is 2.04. The maximum atomic E-state index is 11.8. The van der Waals surface area contributed by atoms with Crippen LogP contribution in [0.5, 0.6) is 5.75 Å². The van der Waals surface area contributed by atoms with Gasteiger partial charge in [-0.25, -0.2) is 4.79 Å². The largest absolute Gasteiger partial charge is 0.496 e. The summed E-state index contributed by atoms with van der Waals surface area (Å²) in [5.41, 5.74) is 1.20. The van der Waals surface area contributed by atoms with E-state index in [1.807, 2.05) is 6.07 Å². The third-order valence-electron chi connectivity index (χ3n) is 3.58. The number of carbonyl (C=O) groups excluding carboxylic acids is 2. The second-order valence-electron chi connectivity index (χ2n) is 5.06. The van der Waals surface area contributed by atoms with Gasteiger partial charge in [0, 0.05) is 12.5 Å². The third kappa shape index (κ3) is 3.10. The Morgan fingerprint density at radius 2 is 2.05 bits per heavy atom. The lowest BCUT2D eigenvalue weighted by Gasteiger charge is -2.10. The van der Waals surface area contributed by atoms with Gasteiger partial charge in [-0.3, -0.25) is 4.79 Å². The van der Waals surface area contributed by atoms with E-state index in [1.54, 1.807) is 12.1 Å². The van der Waals surface area contributed by atoms with E-state index in [0.29, 0.717) is 23.8 Å². The molecular formula is C15H19NO4. The van der Waals surface area contributed by atoms with Gasteiger partial charge in [0.15, 0.2) is 0 Å². The molecular weight excluding hydrogens is 258 g/mol. The molecule has 0 saturated heterocycles. The van der Waals surface area contributed by atoms with Gasteiger partial charge in [-0.2, -0.15) is 0 Å². The lowest BCUT2D eigenvalue weighted by molar-refractivity contribution is -0.122. The van der Waals surface area contributed by atoms with Gasteiger partial charge in [0.05, 0.1) is 14.2 Å². The lowest BCUT2D eigenvalue weighted by atomic mass is 10.1. The van der Waals surface area contributed by atoms with Gasteiger partial charge in [0.2, 0.25) is 5.91 Å². The van der Waals surface area contributed by atoms with Gasteiger partial charge in [-0.05, 0) is 30.0 Å². The van der Waals surface area contributed by atoms with E-state index in [9.17, 15) is 9.59 Å². The molecule has 108 valence electrons. The first-order valence-corrected chi connectivity index (χ1v) is 6.59. The highest BCUT2D eigenvalue weighted by molar-refractivity contribution is 5.92. The summed E-state index contributed by atoms with van der Waals surface area (Å²) in [6.07, 6.45) is 0.960. The average Bonchev–Trinajstić information content (AvgIpc) is 3.20. The third-order valence-corrected chi connectivity index (χ3v) is 3.58. The topological polar surface area (TPSA) is 64.6 Å². The first-order valence-electron chi connectivity index (χ1n) is 6.59. The molecule has 5 heteroatoms. The number of nitrogens with one attached hydrogen (secondary N) is 1. The number of rotatable bonds is 5. The first kappa shape index (κ1) is 14.4. The van der Waals surface area contributed by atoms with Gasteiger partial charge in [-0.15, -0.1) is 0 Å². The van der Waals surface area contributed by atoms with E-state index in [2.05, 4.69) is 12.2 Å². The van der Waals surface area contributed by atoms with Crippen molar-refractivity contribution in [3.63, 3.8) is 0 Å². The SMILES string of the molecule is COC(=O)c1cc(CNC(=O)C2CC2C)ccc1OC. The first-order chi connectivity index (χ1) is 9.56. The summed E-state index contributed by atoms with van der Waals surface area (Å²) in [4.78, 5) is 23.4. The molecule has 1 fully saturated rings. The zero-order valence-corrected chi connectivity index (χ0v) is 11.9. The van der Waals surface area contributed by atoms with E-state index >= 15 is 0 Å². The maximum absolute atomic E-state index is 11.8. The Hall–Kier alpha value is -2.04. The average molecular weight is 277 g/mol. The van der Waals surface area contributed by atoms with Crippen LogP contribution in [0.3, 0.4) is 0 Å². The molecule has 1 saturated carbocycles. The van der Waals surface area contributed by atoms with Crippen molar-refractivity contribution in [2.75, 3.05) is 14.2 Å². The number of amides is 1. The minimum Gasteiger partial charge on any atom is -0.496 e. The number of hydrogen-bond donors (Lipinski definition) is 1. The molecule has 0 radical (unpaired) electrons. The van der Waals surface area contributed by atoms with Crippen molar-refractivity contribution in [2.45, 2.75) is 19.9 Å². The summed E-state index contributed by atoms with van der Waals surface area (Å²) in [6.45, 7) is 2.46. The monoisotopic (exact) mass is 277 g/mol. The smallest absolute Gasteiger partial charge is 0.341 e. The molecule has 5 nitrogen and oxygen atoms in total. The molecule has 0 bridgehead atoms. The number of benzene rings is 1. The second kappa shape index (κ2) is 5.94. The normalized spacial score (nSPS) is 20.1. The summed E-state index contributed by atoms with van der Waals surface area (Å²) in [5, 5.41) is 2.88. The molecule has 0 aliphatic heterocycles. The number of methoxy groups -OCH3 is 2. The summed E-state index contributed by atoms with van der Waals surface area (Å²) >= 11 is 0. The predicted molar refractivity (Wildman–Crippen MR) is 73.5 cm³/mol. The number of ether oxygens (including phenoxy) is 2. The van der Waals surface area contributed by atoms with Gasteiger partial charge in [0.25, 0.3) is 0 Å². The summed E-state index contributed by atoms with van der Waals surface area (Å²) in [7, 11) is 2.82. The molecule has 2 atom stereocenters. The van der Waals surface area contributed by atoms with Gasteiger partial charge >= 0.3 is 5.97 Å². The van der Waals surface area contributed by atoms with Crippen LogP contribution in [0.4, 0.5) is 0 Å². The van der Waals surface area contributed by atoms with E-state index in [-0.39, 0.29) is 11.8 Å². The van der Waals surface area contributed by atoms with Gasteiger partial charge in [-0.1, -0.05) is 13.0 Å².